The summed E-state index contributed by atoms with van der Waals surface area (Å²) in [5, 5.41) is 0.830. The Morgan fingerprint density at radius 2 is 1.68 bits per heavy atom. The van der Waals surface area contributed by atoms with Gasteiger partial charge in [0, 0.05) is 16.5 Å². The average Bonchev–Trinajstić information content (AvgIpc) is 2.28. The first kappa shape index (κ1) is 14.9. The van der Waals surface area contributed by atoms with Gasteiger partial charge in [-0.3, -0.25) is 0 Å². The highest BCUT2D eigenvalue weighted by Crippen LogP contribution is 2.57. The van der Waals surface area contributed by atoms with Gasteiger partial charge in [0.1, 0.15) is 0 Å². The van der Waals surface area contributed by atoms with Gasteiger partial charge in [-0.15, -0.1) is 0 Å². The molecule has 1 unspecified atom stereocenters. The number of nitrogens with zero attached hydrogens (tertiary/aromatic N) is 1. The van der Waals surface area contributed by atoms with Crippen LogP contribution in [0.15, 0.2) is 24.3 Å². The van der Waals surface area contributed by atoms with Crippen LogP contribution in [0, 0.1) is 5.41 Å². The zero-order valence-electron chi connectivity index (χ0n) is 12.8. The molecule has 19 heavy (non-hydrogen) atoms. The molecular weight excluding hydrogens is 254 g/mol. The second kappa shape index (κ2) is 5.10. The predicted octanol–water partition coefficient (Wildman–Crippen LogP) is 4.74. The molecule has 0 heterocycles. The van der Waals surface area contributed by atoms with E-state index in [1.807, 2.05) is 12.1 Å². The van der Waals surface area contributed by atoms with Crippen molar-refractivity contribution in [3.05, 3.63) is 34.9 Å². The average molecular weight is 280 g/mol. The molecule has 2 rings (SSSR count). The monoisotopic (exact) mass is 279 g/mol. The minimum Gasteiger partial charge on any atom is -0.306 e. The van der Waals surface area contributed by atoms with Gasteiger partial charge in [0.05, 0.1) is 0 Å². The minimum absolute atomic E-state index is 0.253. The van der Waals surface area contributed by atoms with Crippen LogP contribution in [-0.4, -0.2) is 25.0 Å². The third-order valence-electron chi connectivity index (χ3n) is 5.66. The van der Waals surface area contributed by atoms with Crippen LogP contribution in [0.4, 0.5) is 0 Å². The first-order chi connectivity index (χ1) is 8.81. The van der Waals surface area contributed by atoms with E-state index < -0.39 is 0 Å². The molecule has 1 saturated carbocycles. The summed E-state index contributed by atoms with van der Waals surface area (Å²) >= 11 is 6.04. The minimum atomic E-state index is 0.253. The number of benzene rings is 1. The van der Waals surface area contributed by atoms with E-state index in [9.17, 15) is 0 Å². The molecule has 0 bridgehead atoms. The van der Waals surface area contributed by atoms with Crippen LogP contribution in [0.1, 0.15) is 45.6 Å². The molecule has 0 amide bonds. The molecule has 0 aromatic heterocycles. The fourth-order valence-corrected chi connectivity index (χ4v) is 3.78. The lowest BCUT2D eigenvalue weighted by Crippen LogP contribution is -2.56. The zero-order valence-corrected chi connectivity index (χ0v) is 13.6. The van der Waals surface area contributed by atoms with Gasteiger partial charge in [-0.2, -0.15) is 0 Å². The largest absolute Gasteiger partial charge is 0.306 e. The number of rotatable bonds is 4. The fourth-order valence-electron chi connectivity index (χ4n) is 3.65. The number of halogens is 1. The molecule has 1 aliphatic rings. The van der Waals surface area contributed by atoms with Crippen molar-refractivity contribution in [2.45, 2.75) is 51.5 Å². The van der Waals surface area contributed by atoms with Gasteiger partial charge < -0.3 is 4.90 Å². The van der Waals surface area contributed by atoms with E-state index in [-0.39, 0.29) is 5.41 Å². The van der Waals surface area contributed by atoms with Crippen LogP contribution in [0.25, 0.3) is 0 Å². The Hall–Kier alpha value is -0.530. The first-order valence-electron chi connectivity index (χ1n) is 7.24. The summed E-state index contributed by atoms with van der Waals surface area (Å²) in [6.07, 6.45) is 3.92. The van der Waals surface area contributed by atoms with Gasteiger partial charge in [-0.25, -0.2) is 0 Å². The van der Waals surface area contributed by atoms with Gasteiger partial charge in [0.25, 0.3) is 0 Å². The van der Waals surface area contributed by atoms with Crippen LogP contribution >= 0.6 is 11.6 Å². The van der Waals surface area contributed by atoms with Crippen LogP contribution in [0.2, 0.25) is 5.02 Å². The Labute approximate surface area is 123 Å². The summed E-state index contributed by atoms with van der Waals surface area (Å²) in [5.74, 6) is 0. The molecule has 0 spiro atoms. The lowest BCUT2D eigenvalue weighted by atomic mass is 9.49. The van der Waals surface area contributed by atoms with E-state index in [0.717, 1.165) is 5.02 Å². The Morgan fingerprint density at radius 1 is 1.16 bits per heavy atom. The molecule has 1 atom stereocenters. The normalized spacial score (nSPS) is 20.2. The molecule has 1 aromatic rings. The molecule has 1 aromatic carbocycles. The van der Waals surface area contributed by atoms with Crippen molar-refractivity contribution in [2.75, 3.05) is 14.1 Å². The van der Waals surface area contributed by atoms with E-state index in [4.69, 9.17) is 11.6 Å². The molecule has 0 saturated heterocycles. The Balaban J connectivity index is 2.40. The number of hydrogen-bond donors (Lipinski definition) is 0. The van der Waals surface area contributed by atoms with Crippen LogP contribution < -0.4 is 0 Å². The topological polar surface area (TPSA) is 3.24 Å². The maximum Gasteiger partial charge on any atom is 0.0406 e. The van der Waals surface area contributed by atoms with E-state index >= 15 is 0 Å². The van der Waals surface area contributed by atoms with E-state index in [1.54, 1.807) is 0 Å². The molecule has 106 valence electrons. The van der Waals surface area contributed by atoms with Gasteiger partial charge in [0.2, 0.25) is 0 Å². The van der Waals surface area contributed by atoms with Crippen molar-refractivity contribution >= 4 is 11.6 Å². The van der Waals surface area contributed by atoms with Gasteiger partial charge in [0.15, 0.2) is 0 Å². The summed E-state index contributed by atoms with van der Waals surface area (Å²) in [5.41, 5.74) is 2.02. The Kier molecular flexibility index (Phi) is 3.99. The van der Waals surface area contributed by atoms with E-state index in [1.165, 1.54) is 24.8 Å². The maximum absolute atomic E-state index is 6.04. The van der Waals surface area contributed by atoms with Gasteiger partial charge in [-0.1, -0.05) is 44.0 Å². The van der Waals surface area contributed by atoms with E-state index in [2.05, 4.69) is 51.9 Å². The summed E-state index contributed by atoms with van der Waals surface area (Å²) < 4.78 is 0. The second-order valence-corrected chi connectivity index (χ2v) is 7.24. The van der Waals surface area contributed by atoms with Crippen LogP contribution in [0.3, 0.4) is 0 Å². The highest BCUT2D eigenvalue weighted by Gasteiger charge is 2.53. The molecule has 2 heteroatoms. The fraction of sp³-hybridized carbons (Fsp3) is 0.647. The molecule has 0 N–H and O–H groups in total. The van der Waals surface area contributed by atoms with Crippen molar-refractivity contribution in [2.24, 2.45) is 5.41 Å². The highest BCUT2D eigenvalue weighted by molar-refractivity contribution is 6.30. The summed E-state index contributed by atoms with van der Waals surface area (Å²) in [6.45, 7) is 7.19. The third kappa shape index (κ3) is 2.32. The lowest BCUT2D eigenvalue weighted by molar-refractivity contribution is 0.00347. The number of hydrogen-bond acceptors (Lipinski definition) is 1. The summed E-state index contributed by atoms with van der Waals surface area (Å²) in [4.78, 5) is 2.34. The SMILES string of the molecule is CC(N(C)C)C(C)(C)C1(c2ccc(Cl)cc2)CCC1. The molecule has 0 radical (unpaired) electrons. The van der Waals surface area contributed by atoms with Crippen molar-refractivity contribution in [3.8, 4) is 0 Å². The standard InChI is InChI=1S/C17H26ClN/c1-13(19(4)5)16(2,3)17(11-6-12-17)14-7-9-15(18)10-8-14/h7-10,13H,6,11-12H2,1-5H3. The molecule has 0 aliphatic heterocycles. The lowest BCUT2D eigenvalue weighted by Gasteiger charge is -2.57. The van der Waals surface area contributed by atoms with Gasteiger partial charge in [-0.05, 0) is 57.0 Å². The Morgan fingerprint density at radius 3 is 2.05 bits per heavy atom. The van der Waals surface area contributed by atoms with Crippen molar-refractivity contribution in [3.63, 3.8) is 0 Å². The third-order valence-corrected chi connectivity index (χ3v) is 5.91. The quantitative estimate of drug-likeness (QED) is 0.770. The summed E-state index contributed by atoms with van der Waals surface area (Å²) in [7, 11) is 4.36. The van der Waals surface area contributed by atoms with Crippen LogP contribution in [0.5, 0.6) is 0 Å². The molecule has 1 nitrogen and oxygen atoms in total. The van der Waals surface area contributed by atoms with Crippen molar-refractivity contribution < 1.29 is 0 Å². The smallest absolute Gasteiger partial charge is 0.0406 e. The van der Waals surface area contributed by atoms with Crippen molar-refractivity contribution in [1.82, 2.24) is 4.90 Å². The molecule has 1 fully saturated rings. The second-order valence-electron chi connectivity index (χ2n) is 6.80. The molecular formula is C17H26ClN. The Bertz CT molecular complexity index is 429. The maximum atomic E-state index is 6.04. The zero-order chi connectivity index (χ0) is 14.3. The van der Waals surface area contributed by atoms with Crippen LogP contribution in [-0.2, 0) is 5.41 Å². The first-order valence-corrected chi connectivity index (χ1v) is 7.61. The molecule has 1 aliphatic carbocycles. The predicted molar refractivity (Wildman–Crippen MR) is 83.9 cm³/mol. The van der Waals surface area contributed by atoms with Crippen molar-refractivity contribution in [1.29, 1.82) is 0 Å². The van der Waals surface area contributed by atoms with E-state index in [0.29, 0.717) is 11.5 Å². The van der Waals surface area contributed by atoms with Gasteiger partial charge >= 0.3 is 0 Å². The summed E-state index contributed by atoms with van der Waals surface area (Å²) in [6, 6.07) is 9.07. The highest BCUT2D eigenvalue weighted by atomic mass is 35.5.